The summed E-state index contributed by atoms with van der Waals surface area (Å²) in [5.74, 6) is 0. The van der Waals surface area contributed by atoms with Gasteiger partial charge in [-0.2, -0.15) is 0 Å². The van der Waals surface area contributed by atoms with Crippen LogP contribution in [0.3, 0.4) is 0 Å². The van der Waals surface area contributed by atoms with Crippen molar-refractivity contribution in [3.05, 3.63) is 120 Å². The van der Waals surface area contributed by atoms with E-state index in [9.17, 15) is 5.11 Å². The Morgan fingerprint density at radius 2 is 1.12 bits per heavy atom. The van der Waals surface area contributed by atoms with Crippen molar-refractivity contribution < 1.29 is 5.11 Å². The average Bonchev–Trinajstić information content (AvgIpc) is 2.99. The van der Waals surface area contributed by atoms with E-state index in [1.54, 1.807) is 0 Å². The Bertz CT molecular complexity index is 1080. The van der Waals surface area contributed by atoms with Crippen LogP contribution in [0.25, 0.3) is 22.3 Å². The third kappa shape index (κ3) is 2.08. The van der Waals surface area contributed by atoms with Crippen molar-refractivity contribution >= 4 is 0 Å². The lowest BCUT2D eigenvalue weighted by Crippen LogP contribution is -2.25. The number of hydrogen-bond donors (Lipinski definition) is 1. The lowest BCUT2D eigenvalue weighted by atomic mass is 9.84. The molecule has 1 unspecified atom stereocenters. The standard InChI is InChI=1S/C25H18O/c26-25(20-11-5-2-6-12-20)23-14-8-7-13-21(23)22-17-19(15-16-24(22)25)18-9-3-1-4-10-18/h1-17,26H. The Hall–Kier alpha value is -3.16. The highest BCUT2D eigenvalue weighted by Gasteiger charge is 2.42. The van der Waals surface area contributed by atoms with Crippen molar-refractivity contribution in [3.63, 3.8) is 0 Å². The second kappa shape index (κ2) is 5.69. The first-order valence-corrected chi connectivity index (χ1v) is 8.86. The van der Waals surface area contributed by atoms with Crippen molar-refractivity contribution in [3.8, 4) is 22.3 Å². The van der Waals surface area contributed by atoms with Gasteiger partial charge >= 0.3 is 0 Å². The summed E-state index contributed by atoms with van der Waals surface area (Å²) >= 11 is 0. The Labute approximate surface area is 153 Å². The molecule has 0 saturated carbocycles. The molecule has 1 aliphatic rings. The van der Waals surface area contributed by atoms with E-state index in [1.807, 2.05) is 54.6 Å². The summed E-state index contributed by atoms with van der Waals surface area (Å²) < 4.78 is 0. The summed E-state index contributed by atoms with van der Waals surface area (Å²) in [6.45, 7) is 0. The fourth-order valence-electron chi connectivity index (χ4n) is 4.06. The zero-order chi connectivity index (χ0) is 17.6. The van der Waals surface area contributed by atoms with Crippen LogP contribution in [-0.4, -0.2) is 5.11 Å². The van der Waals surface area contributed by atoms with Gasteiger partial charge in [0, 0.05) is 11.1 Å². The molecule has 1 N–H and O–H groups in total. The molecule has 0 spiro atoms. The maximum absolute atomic E-state index is 11.8. The third-order valence-corrected chi connectivity index (χ3v) is 5.32. The first kappa shape index (κ1) is 15.1. The monoisotopic (exact) mass is 334 g/mol. The molecular weight excluding hydrogens is 316 g/mol. The fourth-order valence-corrected chi connectivity index (χ4v) is 4.06. The van der Waals surface area contributed by atoms with Gasteiger partial charge in [0.15, 0.2) is 0 Å². The van der Waals surface area contributed by atoms with E-state index in [0.29, 0.717) is 0 Å². The van der Waals surface area contributed by atoms with E-state index in [-0.39, 0.29) is 0 Å². The van der Waals surface area contributed by atoms with Crippen molar-refractivity contribution in [2.75, 3.05) is 0 Å². The predicted octanol–water partition coefficient (Wildman–Crippen LogP) is 5.62. The molecule has 1 aliphatic carbocycles. The lowest BCUT2D eigenvalue weighted by Gasteiger charge is -2.26. The van der Waals surface area contributed by atoms with Crippen molar-refractivity contribution in [2.24, 2.45) is 0 Å². The summed E-state index contributed by atoms with van der Waals surface area (Å²) in [7, 11) is 0. The van der Waals surface area contributed by atoms with E-state index in [0.717, 1.165) is 33.4 Å². The van der Waals surface area contributed by atoms with Gasteiger partial charge in [0.05, 0.1) is 0 Å². The van der Waals surface area contributed by atoms with Gasteiger partial charge in [-0.25, -0.2) is 0 Å². The van der Waals surface area contributed by atoms with Crippen LogP contribution in [0.4, 0.5) is 0 Å². The van der Waals surface area contributed by atoms with Gasteiger partial charge in [-0.1, -0.05) is 97.1 Å². The van der Waals surface area contributed by atoms with Crippen LogP contribution in [0.5, 0.6) is 0 Å². The quantitative estimate of drug-likeness (QED) is 0.504. The van der Waals surface area contributed by atoms with Crippen molar-refractivity contribution in [2.45, 2.75) is 5.60 Å². The molecule has 0 aliphatic heterocycles. The molecule has 0 radical (unpaired) electrons. The zero-order valence-electron chi connectivity index (χ0n) is 14.3. The van der Waals surface area contributed by atoms with Gasteiger partial charge < -0.3 is 5.11 Å². The topological polar surface area (TPSA) is 20.2 Å². The van der Waals surface area contributed by atoms with Crippen LogP contribution in [-0.2, 0) is 5.60 Å². The Balaban J connectivity index is 1.78. The molecule has 0 aromatic heterocycles. The molecule has 1 nitrogen and oxygen atoms in total. The largest absolute Gasteiger partial charge is 0.376 e. The molecule has 26 heavy (non-hydrogen) atoms. The van der Waals surface area contributed by atoms with Gasteiger partial charge in [0.2, 0.25) is 0 Å². The van der Waals surface area contributed by atoms with Gasteiger partial charge in [-0.3, -0.25) is 0 Å². The van der Waals surface area contributed by atoms with Crippen molar-refractivity contribution in [1.29, 1.82) is 0 Å². The van der Waals surface area contributed by atoms with E-state index in [1.165, 1.54) is 5.56 Å². The number of fused-ring (bicyclic) bond motifs is 3. The molecule has 5 rings (SSSR count). The minimum Gasteiger partial charge on any atom is -0.376 e. The van der Waals surface area contributed by atoms with E-state index in [2.05, 4.69) is 48.5 Å². The van der Waals surface area contributed by atoms with Crippen LogP contribution in [0.15, 0.2) is 103 Å². The average molecular weight is 334 g/mol. The second-order valence-electron chi connectivity index (χ2n) is 6.75. The minimum absolute atomic E-state index is 0.902. The molecule has 4 aromatic rings. The normalized spacial score (nSPS) is 17.6. The van der Waals surface area contributed by atoms with Crippen LogP contribution >= 0.6 is 0 Å². The van der Waals surface area contributed by atoms with Gasteiger partial charge in [0.25, 0.3) is 0 Å². The summed E-state index contributed by atoms with van der Waals surface area (Å²) in [5, 5.41) is 11.8. The number of rotatable bonds is 2. The summed E-state index contributed by atoms with van der Waals surface area (Å²) in [6, 6.07) is 34.8. The molecule has 0 bridgehead atoms. The van der Waals surface area contributed by atoms with Crippen LogP contribution in [0.2, 0.25) is 0 Å². The molecule has 0 fully saturated rings. The number of aliphatic hydroxyl groups is 1. The smallest absolute Gasteiger partial charge is 0.141 e. The highest BCUT2D eigenvalue weighted by Crippen LogP contribution is 2.51. The molecule has 124 valence electrons. The lowest BCUT2D eigenvalue weighted by molar-refractivity contribution is 0.131. The maximum Gasteiger partial charge on any atom is 0.141 e. The summed E-state index contributed by atoms with van der Waals surface area (Å²) in [4.78, 5) is 0. The van der Waals surface area contributed by atoms with E-state index < -0.39 is 5.60 Å². The second-order valence-corrected chi connectivity index (χ2v) is 6.75. The van der Waals surface area contributed by atoms with Crippen LogP contribution in [0, 0.1) is 0 Å². The predicted molar refractivity (Wildman–Crippen MR) is 106 cm³/mol. The van der Waals surface area contributed by atoms with Gasteiger partial charge in [-0.15, -0.1) is 0 Å². The van der Waals surface area contributed by atoms with Gasteiger partial charge in [-0.05, 0) is 33.9 Å². The minimum atomic E-state index is -1.11. The molecule has 0 saturated heterocycles. The van der Waals surface area contributed by atoms with E-state index in [4.69, 9.17) is 0 Å². The summed E-state index contributed by atoms with van der Waals surface area (Å²) in [6.07, 6.45) is 0. The molecule has 1 atom stereocenters. The molecule has 4 aromatic carbocycles. The van der Waals surface area contributed by atoms with Gasteiger partial charge in [0.1, 0.15) is 5.60 Å². The third-order valence-electron chi connectivity index (χ3n) is 5.32. The molecule has 0 amide bonds. The van der Waals surface area contributed by atoms with Crippen LogP contribution < -0.4 is 0 Å². The Morgan fingerprint density at radius 3 is 1.88 bits per heavy atom. The Kier molecular flexibility index (Phi) is 3.31. The fraction of sp³-hybridized carbons (Fsp3) is 0.0400. The SMILES string of the molecule is OC1(c2ccccc2)c2ccccc2-c2cc(-c3ccccc3)ccc21. The molecule has 0 heterocycles. The van der Waals surface area contributed by atoms with Crippen molar-refractivity contribution in [1.82, 2.24) is 0 Å². The Morgan fingerprint density at radius 1 is 0.500 bits per heavy atom. The maximum atomic E-state index is 11.8. The number of hydrogen-bond acceptors (Lipinski definition) is 1. The highest BCUT2D eigenvalue weighted by molar-refractivity contribution is 5.85. The number of benzene rings is 4. The highest BCUT2D eigenvalue weighted by atomic mass is 16.3. The zero-order valence-corrected chi connectivity index (χ0v) is 14.3. The van der Waals surface area contributed by atoms with E-state index >= 15 is 0 Å². The first-order valence-electron chi connectivity index (χ1n) is 8.86. The van der Waals surface area contributed by atoms with Crippen LogP contribution in [0.1, 0.15) is 16.7 Å². The summed E-state index contributed by atoms with van der Waals surface area (Å²) in [5.41, 5.74) is 6.25. The molecule has 1 heteroatoms. The molecular formula is C25H18O. The first-order chi connectivity index (χ1) is 12.8.